The van der Waals surface area contributed by atoms with Crippen LogP contribution in [-0.4, -0.2) is 129 Å². The number of anilines is 1. The minimum absolute atomic E-state index is 0. The number of rotatable bonds is 19. The van der Waals surface area contributed by atoms with Crippen molar-refractivity contribution in [2.24, 2.45) is 5.92 Å². The van der Waals surface area contributed by atoms with E-state index in [2.05, 4.69) is 0 Å². The second-order valence-electron chi connectivity index (χ2n) is 18.9. The third kappa shape index (κ3) is 17.7. The monoisotopic (exact) mass is 1210 g/mol. The SMILES string of the molecule is CC1=C(C#N)C(=O)N(CCS(=O)(=O)O)C(=O)C1C1=C(/C=C/C2=[N+](CCCCS(=O)(=O)O)c3ccc(S(=O)(=O)O)cc3C2(C)C)CC/C1=C\C=C1\N(CCCCS(=O)(=O)O)c2ccc(S(=O)(=O)O)cc2C1(C)C.[Na+].[Na+].[Na+].[Na+].[Na+]. The number of amides is 2. The molecular formula is C46H55N4Na5O17S5+6. The molecule has 0 fully saturated rings. The number of nitrogens with zero attached hydrogens (tertiary/aromatic N) is 4. The number of carbonyl (C=O) groups is 2. The average Bonchev–Trinajstić information content (AvgIpc) is 3.81. The number of hydrogen-bond acceptors (Lipinski definition) is 14. The normalized spacial score (nSPS) is 19.4. The third-order valence-electron chi connectivity index (χ3n) is 13.4. The van der Waals surface area contributed by atoms with Crippen LogP contribution in [0, 0.1) is 17.2 Å². The zero-order valence-corrected chi connectivity index (χ0v) is 58.9. The summed E-state index contributed by atoms with van der Waals surface area (Å²) in [7, 11) is -22.6. The Balaban J connectivity index is 0.00000593. The molecule has 4 aliphatic rings. The molecular weight excluding hydrogens is 1160 g/mol. The van der Waals surface area contributed by atoms with E-state index in [1.54, 1.807) is 52.0 Å². The summed E-state index contributed by atoms with van der Waals surface area (Å²) in [5.74, 6) is -5.42. The molecule has 2 aromatic carbocycles. The third-order valence-corrected chi connectivity index (χ3v) is 17.4. The predicted octanol–water partition coefficient (Wildman–Crippen LogP) is -10.1. The van der Waals surface area contributed by atoms with Crippen molar-refractivity contribution in [1.29, 1.82) is 5.26 Å². The van der Waals surface area contributed by atoms with Gasteiger partial charge in [-0.2, -0.15) is 51.9 Å². The fourth-order valence-electron chi connectivity index (χ4n) is 9.83. The Morgan fingerprint density at radius 2 is 1.19 bits per heavy atom. The smallest absolute Gasteiger partial charge is 0.344 e. The number of benzene rings is 2. The molecule has 0 spiro atoms. The van der Waals surface area contributed by atoms with E-state index in [4.69, 9.17) is 0 Å². The molecule has 1 aliphatic carbocycles. The van der Waals surface area contributed by atoms with Crippen molar-refractivity contribution >= 4 is 79.5 Å². The number of fused-ring (bicyclic) bond motifs is 2. The second-order valence-corrected chi connectivity index (χ2v) is 26.5. The van der Waals surface area contributed by atoms with Crippen molar-refractivity contribution in [3.8, 4) is 6.07 Å². The summed E-state index contributed by atoms with van der Waals surface area (Å²) in [5, 5.41) is 10.3. The van der Waals surface area contributed by atoms with Crippen molar-refractivity contribution < 1.29 is 227 Å². The van der Waals surface area contributed by atoms with E-state index in [0.717, 1.165) is 0 Å². The Labute approximate surface area is 561 Å². The van der Waals surface area contributed by atoms with Gasteiger partial charge in [-0.25, -0.2) is 0 Å². The maximum absolute atomic E-state index is 14.7. The zero-order valence-electron chi connectivity index (χ0n) is 44.8. The van der Waals surface area contributed by atoms with Crippen LogP contribution in [-0.2, 0) is 71.0 Å². The molecule has 0 saturated carbocycles. The van der Waals surface area contributed by atoms with Gasteiger partial charge in [0.1, 0.15) is 18.2 Å². The summed E-state index contributed by atoms with van der Waals surface area (Å²) in [6.07, 6.45) is 7.93. The first-order valence-corrected chi connectivity index (χ1v) is 30.1. The number of unbranched alkanes of at least 4 members (excludes halogenated alkanes) is 2. The van der Waals surface area contributed by atoms with Crippen molar-refractivity contribution in [3.05, 3.63) is 105 Å². The summed E-state index contributed by atoms with van der Waals surface area (Å²) >= 11 is 0. The maximum Gasteiger partial charge on any atom is 1.00 e. The van der Waals surface area contributed by atoms with Crippen LogP contribution < -0.4 is 153 Å². The van der Waals surface area contributed by atoms with Gasteiger partial charge in [0.25, 0.3) is 56.5 Å². The zero-order chi connectivity index (χ0) is 53.7. The van der Waals surface area contributed by atoms with Crippen LogP contribution in [0.1, 0.15) is 84.3 Å². The first-order valence-electron chi connectivity index (χ1n) is 22.4. The molecule has 5 N–H and O–H groups in total. The topological polar surface area (TPSA) is 339 Å². The number of carbonyl (C=O) groups excluding carboxylic acids is 2. The van der Waals surface area contributed by atoms with Gasteiger partial charge in [-0.15, -0.1) is 0 Å². The van der Waals surface area contributed by atoms with Crippen molar-refractivity contribution in [2.75, 3.05) is 41.8 Å². The number of hydrogen-bond donors (Lipinski definition) is 5. The van der Waals surface area contributed by atoms with Crippen LogP contribution in [0.2, 0.25) is 0 Å². The molecule has 1 atom stereocenters. The molecule has 0 saturated heterocycles. The molecule has 6 rings (SSSR count). The Bertz CT molecular complexity index is 3500. The van der Waals surface area contributed by atoms with E-state index in [0.29, 0.717) is 55.5 Å². The van der Waals surface area contributed by atoms with Gasteiger partial charge in [-0.1, -0.05) is 26.0 Å². The Kier molecular flexibility index (Phi) is 27.8. The first-order chi connectivity index (χ1) is 33.1. The van der Waals surface area contributed by atoms with Gasteiger partial charge in [-0.05, 0) is 117 Å². The molecule has 0 aromatic heterocycles. The average molecular weight is 1210 g/mol. The van der Waals surface area contributed by atoms with Gasteiger partial charge in [0.15, 0.2) is 5.71 Å². The van der Waals surface area contributed by atoms with Crippen LogP contribution in [0.3, 0.4) is 0 Å². The summed E-state index contributed by atoms with van der Waals surface area (Å²) in [6, 6.07) is 9.93. The summed E-state index contributed by atoms with van der Waals surface area (Å²) < 4.78 is 170. The quantitative estimate of drug-likeness (QED) is 0.0287. The summed E-state index contributed by atoms with van der Waals surface area (Å²) in [6.45, 7) is 8.17. The standard InChI is InChI=1S/C46H54N4O17S5.5Na/c1-29-34(28-47)43(51)50(22-25-70(59,60)61)44(52)41(29)42-30(12-18-39-45(2,3)35-26-32(71(62,63)64)14-16-37(35)48(39)20-6-8-23-68(53,54)55)10-11-31(42)13-19-40-46(4,5)36-27-33(72(65,66)67)15-17-38(36)49(40)21-7-9-24-69(56,57)58;;;;;/h12-19,26-27,41H,6-11,20-25H2,1-5H3,(H4-,53,54,55,56,57,58,59,60,61,62,63,64,65,66,67);;;;;/q;5*+1/p+1. The van der Waals surface area contributed by atoms with E-state index in [1.165, 1.54) is 43.3 Å². The van der Waals surface area contributed by atoms with Gasteiger partial charge in [0.2, 0.25) is 11.6 Å². The molecule has 31 heteroatoms. The van der Waals surface area contributed by atoms with Gasteiger partial charge in [0.05, 0.1) is 38.4 Å². The van der Waals surface area contributed by atoms with E-state index < -0.39 is 109 Å². The van der Waals surface area contributed by atoms with E-state index in [9.17, 15) is 79.7 Å². The first kappa shape index (κ1) is 74.8. The van der Waals surface area contributed by atoms with E-state index >= 15 is 0 Å². The molecule has 77 heavy (non-hydrogen) atoms. The van der Waals surface area contributed by atoms with Gasteiger partial charge in [0, 0.05) is 54.0 Å². The molecule has 2 amide bonds. The van der Waals surface area contributed by atoms with E-state index in [-0.39, 0.29) is 215 Å². The van der Waals surface area contributed by atoms with Crippen molar-refractivity contribution in [3.63, 3.8) is 0 Å². The summed E-state index contributed by atoms with van der Waals surface area (Å²) in [4.78, 5) is 30.0. The molecule has 21 nitrogen and oxygen atoms in total. The molecule has 390 valence electrons. The summed E-state index contributed by atoms with van der Waals surface area (Å²) in [5.41, 5.74) is 2.12. The molecule has 3 heterocycles. The largest absolute Gasteiger partial charge is 1.00 e. The molecule has 3 aliphatic heterocycles. The molecule has 0 bridgehead atoms. The van der Waals surface area contributed by atoms with Crippen LogP contribution in [0.15, 0.2) is 104 Å². The molecule has 0 radical (unpaired) electrons. The number of nitriles is 1. The predicted molar refractivity (Wildman–Crippen MR) is 264 cm³/mol. The second kappa shape index (κ2) is 28.6. The van der Waals surface area contributed by atoms with Gasteiger partial charge in [-0.3, -0.25) is 37.3 Å². The Morgan fingerprint density at radius 1 is 0.662 bits per heavy atom. The van der Waals surface area contributed by atoms with Crippen LogP contribution in [0.4, 0.5) is 11.4 Å². The van der Waals surface area contributed by atoms with Crippen molar-refractivity contribution in [1.82, 2.24) is 4.90 Å². The Hall–Kier alpha value is -0.210. The number of imide groups is 1. The Morgan fingerprint density at radius 3 is 1.73 bits per heavy atom. The molecule has 2 aromatic rings. The van der Waals surface area contributed by atoms with Gasteiger partial charge >= 0.3 is 148 Å². The van der Waals surface area contributed by atoms with Crippen LogP contribution in [0.25, 0.3) is 0 Å². The van der Waals surface area contributed by atoms with Gasteiger partial charge < -0.3 is 4.90 Å². The van der Waals surface area contributed by atoms with Crippen LogP contribution >= 0.6 is 0 Å². The van der Waals surface area contributed by atoms with E-state index in [1.807, 2.05) is 15.5 Å². The molecule has 1 unspecified atom stereocenters. The fourth-order valence-corrected chi connectivity index (χ4v) is 12.4. The minimum atomic E-state index is -4.71. The minimum Gasteiger partial charge on any atom is -0.344 e. The fraction of sp³-hybridized carbons (Fsp3) is 0.435. The van der Waals surface area contributed by atoms with Crippen LogP contribution in [0.5, 0.6) is 0 Å². The van der Waals surface area contributed by atoms with Crippen molar-refractivity contribution in [2.45, 2.75) is 93.8 Å². The number of allylic oxidation sites excluding steroid dienone is 7. The maximum atomic E-state index is 14.7.